The maximum Gasteiger partial charge on any atom is 0.307 e. The number of rotatable bonds is 6. The van der Waals surface area contributed by atoms with Gasteiger partial charge in [0.2, 0.25) is 5.91 Å². The molecule has 0 aliphatic rings. The summed E-state index contributed by atoms with van der Waals surface area (Å²) in [7, 11) is 0. The van der Waals surface area contributed by atoms with Crippen LogP contribution in [0.5, 0.6) is 0 Å². The van der Waals surface area contributed by atoms with E-state index in [4.69, 9.17) is 0 Å². The van der Waals surface area contributed by atoms with Gasteiger partial charge in [0.05, 0.1) is 11.8 Å². The standard InChI is InChI=1S/C19H20FNO3/c1-12-3-5-14(6-4-12)11-17(13(2)19(23)24)18(22)21-16-9-7-15(20)8-10-16/h3-10,13,17H,11H2,1-2H3,(H,21,22)(H,23,24)/t13-,17+/m0/s1. The first kappa shape index (κ1) is 17.7. The van der Waals surface area contributed by atoms with Crippen molar-refractivity contribution in [1.82, 2.24) is 0 Å². The van der Waals surface area contributed by atoms with Crippen LogP contribution in [0.25, 0.3) is 0 Å². The predicted octanol–water partition coefficient (Wildman–Crippen LogP) is 3.65. The topological polar surface area (TPSA) is 66.4 Å². The third-order valence-corrected chi connectivity index (χ3v) is 4.02. The Balaban J connectivity index is 2.18. The van der Waals surface area contributed by atoms with Crippen LogP contribution in [0, 0.1) is 24.6 Å². The van der Waals surface area contributed by atoms with E-state index in [0.717, 1.165) is 11.1 Å². The molecule has 2 aromatic carbocycles. The average Bonchev–Trinajstić information content (AvgIpc) is 2.55. The summed E-state index contributed by atoms with van der Waals surface area (Å²) >= 11 is 0. The smallest absolute Gasteiger partial charge is 0.307 e. The molecular weight excluding hydrogens is 309 g/mol. The maximum atomic E-state index is 12.9. The minimum absolute atomic E-state index is 0.320. The van der Waals surface area contributed by atoms with Crippen LogP contribution < -0.4 is 5.32 Å². The number of aryl methyl sites for hydroxylation is 1. The molecule has 0 heterocycles. The van der Waals surface area contributed by atoms with E-state index in [1.807, 2.05) is 31.2 Å². The molecule has 0 saturated heterocycles. The largest absolute Gasteiger partial charge is 0.481 e. The van der Waals surface area contributed by atoms with Crippen LogP contribution in [-0.2, 0) is 16.0 Å². The molecule has 0 aliphatic carbocycles. The molecule has 126 valence electrons. The van der Waals surface area contributed by atoms with Crippen LogP contribution in [-0.4, -0.2) is 17.0 Å². The summed E-state index contributed by atoms with van der Waals surface area (Å²) in [6.07, 6.45) is 0.320. The van der Waals surface area contributed by atoms with Crippen LogP contribution in [0.2, 0.25) is 0 Å². The third kappa shape index (κ3) is 4.65. The van der Waals surface area contributed by atoms with Crippen LogP contribution in [0.15, 0.2) is 48.5 Å². The lowest BCUT2D eigenvalue weighted by Gasteiger charge is -2.20. The molecule has 0 unspecified atom stereocenters. The Kier molecular flexibility index (Phi) is 5.68. The van der Waals surface area contributed by atoms with E-state index >= 15 is 0 Å². The van der Waals surface area contributed by atoms with Crippen molar-refractivity contribution in [3.63, 3.8) is 0 Å². The minimum atomic E-state index is -1.03. The summed E-state index contributed by atoms with van der Waals surface area (Å²) in [6.45, 7) is 3.48. The Labute approximate surface area is 140 Å². The van der Waals surface area contributed by atoms with Crippen molar-refractivity contribution in [2.24, 2.45) is 11.8 Å². The number of aliphatic carboxylic acids is 1. The van der Waals surface area contributed by atoms with Crippen molar-refractivity contribution in [3.8, 4) is 0 Å². The number of carboxylic acids is 1. The van der Waals surface area contributed by atoms with Crippen molar-refractivity contribution in [3.05, 3.63) is 65.5 Å². The highest BCUT2D eigenvalue weighted by molar-refractivity contribution is 5.95. The summed E-state index contributed by atoms with van der Waals surface area (Å²) in [4.78, 5) is 23.9. The second-order valence-electron chi connectivity index (χ2n) is 5.92. The summed E-state index contributed by atoms with van der Waals surface area (Å²) in [5.41, 5.74) is 2.43. The van der Waals surface area contributed by atoms with Crippen LogP contribution >= 0.6 is 0 Å². The van der Waals surface area contributed by atoms with Gasteiger partial charge in [0.15, 0.2) is 0 Å². The van der Waals surface area contributed by atoms with Gasteiger partial charge in [-0.25, -0.2) is 4.39 Å². The molecule has 0 saturated carbocycles. The average molecular weight is 329 g/mol. The van der Waals surface area contributed by atoms with Gasteiger partial charge in [-0.2, -0.15) is 0 Å². The number of hydrogen-bond donors (Lipinski definition) is 2. The number of benzene rings is 2. The predicted molar refractivity (Wildman–Crippen MR) is 90.2 cm³/mol. The first-order valence-electron chi connectivity index (χ1n) is 7.71. The fourth-order valence-corrected chi connectivity index (χ4v) is 2.41. The van der Waals surface area contributed by atoms with Gasteiger partial charge in [-0.15, -0.1) is 0 Å². The summed E-state index contributed by atoms with van der Waals surface area (Å²) in [5.74, 6) is -3.39. The fraction of sp³-hybridized carbons (Fsp3) is 0.263. The van der Waals surface area contributed by atoms with Crippen molar-refractivity contribution in [1.29, 1.82) is 0 Å². The lowest BCUT2D eigenvalue weighted by atomic mass is 9.87. The van der Waals surface area contributed by atoms with Crippen LogP contribution in [0.1, 0.15) is 18.1 Å². The zero-order valence-electron chi connectivity index (χ0n) is 13.6. The van der Waals surface area contributed by atoms with Gasteiger partial charge < -0.3 is 10.4 Å². The highest BCUT2D eigenvalue weighted by Gasteiger charge is 2.30. The van der Waals surface area contributed by atoms with Gasteiger partial charge in [0.1, 0.15) is 5.82 Å². The quantitative estimate of drug-likeness (QED) is 0.850. The molecule has 1 amide bonds. The van der Waals surface area contributed by atoms with Crippen molar-refractivity contribution < 1.29 is 19.1 Å². The zero-order valence-corrected chi connectivity index (χ0v) is 13.6. The van der Waals surface area contributed by atoms with Gasteiger partial charge in [-0.1, -0.05) is 36.8 Å². The molecule has 2 aromatic rings. The number of anilines is 1. The van der Waals surface area contributed by atoms with E-state index in [0.29, 0.717) is 12.1 Å². The van der Waals surface area contributed by atoms with Gasteiger partial charge >= 0.3 is 5.97 Å². The zero-order chi connectivity index (χ0) is 17.7. The Morgan fingerprint density at radius 1 is 1.08 bits per heavy atom. The SMILES string of the molecule is Cc1ccc(C[C@@H](C(=O)Nc2ccc(F)cc2)[C@H](C)C(=O)O)cc1. The Morgan fingerprint density at radius 2 is 1.67 bits per heavy atom. The molecular formula is C19H20FNO3. The summed E-state index contributed by atoms with van der Waals surface area (Å²) in [6, 6.07) is 13.0. The highest BCUT2D eigenvalue weighted by Crippen LogP contribution is 2.21. The molecule has 0 fully saturated rings. The van der Waals surface area contributed by atoms with E-state index in [9.17, 15) is 19.1 Å². The highest BCUT2D eigenvalue weighted by atomic mass is 19.1. The molecule has 2 N–H and O–H groups in total. The molecule has 0 radical (unpaired) electrons. The van der Waals surface area contributed by atoms with Crippen LogP contribution in [0.4, 0.5) is 10.1 Å². The Hall–Kier alpha value is -2.69. The summed E-state index contributed by atoms with van der Waals surface area (Å²) < 4.78 is 12.9. The van der Waals surface area contributed by atoms with Gasteiger partial charge in [-0.05, 0) is 43.2 Å². The lowest BCUT2D eigenvalue weighted by Crippen LogP contribution is -2.33. The number of carbonyl (C=O) groups is 2. The van der Waals surface area contributed by atoms with Gasteiger partial charge in [0, 0.05) is 5.69 Å². The van der Waals surface area contributed by atoms with Crippen molar-refractivity contribution in [2.45, 2.75) is 20.3 Å². The van der Waals surface area contributed by atoms with E-state index in [1.54, 1.807) is 0 Å². The van der Waals surface area contributed by atoms with Gasteiger partial charge in [0.25, 0.3) is 0 Å². The molecule has 0 bridgehead atoms. The number of amides is 1. The second-order valence-corrected chi connectivity index (χ2v) is 5.92. The molecule has 0 spiro atoms. The second kappa shape index (κ2) is 7.73. The maximum absolute atomic E-state index is 12.9. The van der Waals surface area contributed by atoms with Gasteiger partial charge in [-0.3, -0.25) is 9.59 Å². The van der Waals surface area contributed by atoms with Crippen LogP contribution in [0.3, 0.4) is 0 Å². The number of hydrogen-bond acceptors (Lipinski definition) is 2. The van der Waals surface area contributed by atoms with E-state index in [-0.39, 0.29) is 0 Å². The third-order valence-electron chi connectivity index (χ3n) is 4.02. The lowest BCUT2D eigenvalue weighted by molar-refractivity contribution is -0.145. The Bertz CT molecular complexity index is 710. The number of carbonyl (C=O) groups excluding carboxylic acids is 1. The first-order valence-corrected chi connectivity index (χ1v) is 7.71. The molecule has 2 atom stereocenters. The molecule has 24 heavy (non-hydrogen) atoms. The van der Waals surface area contributed by atoms with E-state index in [1.165, 1.54) is 31.2 Å². The normalized spacial score (nSPS) is 13.1. The Morgan fingerprint density at radius 3 is 2.21 bits per heavy atom. The molecule has 0 aromatic heterocycles. The molecule has 4 nitrogen and oxygen atoms in total. The summed E-state index contributed by atoms with van der Waals surface area (Å²) in [5, 5.41) is 12.0. The molecule has 0 aliphatic heterocycles. The van der Waals surface area contributed by atoms with E-state index < -0.39 is 29.5 Å². The fourth-order valence-electron chi connectivity index (χ4n) is 2.41. The van der Waals surface area contributed by atoms with E-state index in [2.05, 4.69) is 5.32 Å². The van der Waals surface area contributed by atoms with Crippen molar-refractivity contribution >= 4 is 17.6 Å². The molecule has 2 rings (SSSR count). The number of nitrogens with one attached hydrogen (secondary N) is 1. The minimum Gasteiger partial charge on any atom is -0.481 e. The number of halogens is 1. The van der Waals surface area contributed by atoms with Crippen molar-refractivity contribution in [2.75, 3.05) is 5.32 Å². The monoisotopic (exact) mass is 329 g/mol. The number of carboxylic acid groups (broad SMARTS) is 1. The molecule has 5 heteroatoms. The first-order chi connectivity index (χ1) is 11.4.